The maximum atomic E-state index is 13.0. The number of fused-ring (bicyclic) bond motifs is 5. The number of Topliss-reactive ketones (excluding diaryl/α,β-unsaturated/α-hetero) is 1. The van der Waals surface area contributed by atoms with E-state index in [0.717, 1.165) is 19.3 Å². The number of methoxy groups -OCH3 is 1. The van der Waals surface area contributed by atoms with Crippen LogP contribution < -0.4 is 9.64 Å². The number of esters is 1. The van der Waals surface area contributed by atoms with Gasteiger partial charge in [0.15, 0.2) is 12.4 Å². The van der Waals surface area contributed by atoms with Gasteiger partial charge in [0.25, 0.3) is 0 Å². The lowest BCUT2D eigenvalue weighted by atomic mass is 9.81. The molecule has 1 saturated heterocycles. The lowest BCUT2D eigenvalue weighted by Gasteiger charge is -2.19. The molecular formula is C25H23NO6. The average molecular weight is 433 g/mol. The number of amides is 2. The summed E-state index contributed by atoms with van der Waals surface area (Å²) in [4.78, 5) is 52.1. The smallest absolute Gasteiger partial charge is 0.338 e. The van der Waals surface area contributed by atoms with Crippen LogP contribution in [0, 0.1) is 23.7 Å². The standard InChI is InChI=1S/C25H23NO6/c1-31-19-9-7-14(8-10-19)20(27)13-32-25(30)17-3-2-4-18(12-17)26-23(28)21-15-5-6-16(11-15)22(21)24(26)29/h2-4,7-10,12,15-16,21-22H,5-6,11,13H2,1H3/t15-,16-,21-,22-/m0/s1. The summed E-state index contributed by atoms with van der Waals surface area (Å²) >= 11 is 0. The number of nitrogens with zero attached hydrogens (tertiary/aromatic N) is 1. The summed E-state index contributed by atoms with van der Waals surface area (Å²) in [6, 6.07) is 12.8. The van der Waals surface area contributed by atoms with Crippen LogP contribution in [0.4, 0.5) is 5.69 Å². The maximum absolute atomic E-state index is 13.0. The van der Waals surface area contributed by atoms with Crippen molar-refractivity contribution in [2.24, 2.45) is 23.7 Å². The summed E-state index contributed by atoms with van der Waals surface area (Å²) < 4.78 is 10.2. The highest BCUT2D eigenvalue weighted by Gasteiger charge is 2.61. The minimum Gasteiger partial charge on any atom is -0.497 e. The fourth-order valence-corrected chi connectivity index (χ4v) is 5.51. The Morgan fingerprint density at radius 3 is 2.22 bits per heavy atom. The summed E-state index contributed by atoms with van der Waals surface area (Å²) in [5.41, 5.74) is 0.970. The number of anilines is 1. The quantitative estimate of drug-likeness (QED) is 0.395. The molecule has 0 N–H and O–H groups in total. The van der Waals surface area contributed by atoms with Gasteiger partial charge in [0.2, 0.25) is 11.8 Å². The van der Waals surface area contributed by atoms with Crippen molar-refractivity contribution >= 4 is 29.3 Å². The van der Waals surface area contributed by atoms with Crippen molar-refractivity contribution < 1.29 is 28.7 Å². The first-order valence-electron chi connectivity index (χ1n) is 10.8. The van der Waals surface area contributed by atoms with E-state index in [-0.39, 0.29) is 35.0 Å². The van der Waals surface area contributed by atoms with Gasteiger partial charge in [-0.25, -0.2) is 4.79 Å². The Bertz CT molecular complexity index is 1080. The van der Waals surface area contributed by atoms with E-state index in [1.54, 1.807) is 42.5 Å². The van der Waals surface area contributed by atoms with E-state index in [0.29, 0.717) is 28.8 Å². The zero-order chi connectivity index (χ0) is 22.4. The highest BCUT2D eigenvalue weighted by atomic mass is 16.5. The highest BCUT2D eigenvalue weighted by molar-refractivity contribution is 6.22. The monoisotopic (exact) mass is 433 g/mol. The van der Waals surface area contributed by atoms with E-state index in [2.05, 4.69) is 0 Å². The van der Waals surface area contributed by atoms with Gasteiger partial charge >= 0.3 is 5.97 Å². The molecule has 0 radical (unpaired) electrons. The third-order valence-electron chi connectivity index (χ3n) is 7.01. The van der Waals surface area contributed by atoms with Crippen molar-refractivity contribution in [2.45, 2.75) is 19.3 Å². The number of hydrogen-bond donors (Lipinski definition) is 0. The number of carbonyl (C=O) groups excluding carboxylic acids is 4. The van der Waals surface area contributed by atoms with Crippen LogP contribution in [-0.2, 0) is 14.3 Å². The molecule has 2 aromatic carbocycles. The lowest BCUT2D eigenvalue weighted by molar-refractivity contribution is -0.123. The van der Waals surface area contributed by atoms with Crippen LogP contribution in [0.3, 0.4) is 0 Å². The van der Waals surface area contributed by atoms with Crippen LogP contribution in [0.1, 0.15) is 40.0 Å². The molecule has 0 unspecified atom stereocenters. The molecule has 7 nitrogen and oxygen atoms in total. The largest absolute Gasteiger partial charge is 0.497 e. The van der Waals surface area contributed by atoms with Crippen molar-refractivity contribution in [2.75, 3.05) is 18.6 Å². The van der Waals surface area contributed by atoms with Crippen LogP contribution in [0.2, 0.25) is 0 Å². The molecule has 1 aliphatic heterocycles. The molecular weight excluding hydrogens is 410 g/mol. The van der Waals surface area contributed by atoms with Crippen LogP contribution >= 0.6 is 0 Å². The molecule has 164 valence electrons. The Labute approximate surface area is 185 Å². The van der Waals surface area contributed by atoms with E-state index in [1.165, 1.54) is 18.1 Å². The molecule has 2 amide bonds. The topological polar surface area (TPSA) is 90.0 Å². The van der Waals surface area contributed by atoms with Gasteiger partial charge in [0.1, 0.15) is 5.75 Å². The van der Waals surface area contributed by atoms with E-state index >= 15 is 0 Å². The van der Waals surface area contributed by atoms with Crippen LogP contribution in [0.15, 0.2) is 48.5 Å². The zero-order valence-electron chi connectivity index (χ0n) is 17.7. The van der Waals surface area contributed by atoms with Crippen LogP contribution in [0.25, 0.3) is 0 Å². The van der Waals surface area contributed by atoms with E-state index < -0.39 is 12.6 Å². The third-order valence-corrected chi connectivity index (χ3v) is 7.01. The number of carbonyl (C=O) groups is 4. The fourth-order valence-electron chi connectivity index (χ4n) is 5.51. The first-order valence-corrected chi connectivity index (χ1v) is 10.8. The molecule has 5 rings (SSSR count). The SMILES string of the molecule is COc1ccc(C(=O)COC(=O)c2cccc(N3C(=O)[C@H]4[C@H]5CC[C@@H](C5)[C@@H]4C3=O)c2)cc1. The van der Waals surface area contributed by atoms with Crippen LogP contribution in [0.5, 0.6) is 5.75 Å². The van der Waals surface area contributed by atoms with Gasteiger partial charge in [-0.05, 0) is 73.6 Å². The fraction of sp³-hybridized carbons (Fsp3) is 0.360. The van der Waals surface area contributed by atoms with Crippen molar-refractivity contribution in [3.63, 3.8) is 0 Å². The van der Waals surface area contributed by atoms with Crippen LogP contribution in [-0.4, -0.2) is 37.3 Å². The maximum Gasteiger partial charge on any atom is 0.338 e. The minimum absolute atomic E-state index is 0.160. The molecule has 0 aromatic heterocycles. The van der Waals surface area contributed by atoms with Crippen molar-refractivity contribution in [3.05, 3.63) is 59.7 Å². The van der Waals surface area contributed by atoms with Gasteiger partial charge in [-0.2, -0.15) is 0 Å². The molecule has 2 saturated carbocycles. The molecule has 2 aliphatic carbocycles. The van der Waals surface area contributed by atoms with Gasteiger partial charge in [-0.15, -0.1) is 0 Å². The lowest BCUT2D eigenvalue weighted by Crippen LogP contribution is -2.32. The second-order valence-electron chi connectivity index (χ2n) is 8.67. The molecule has 3 aliphatic rings. The summed E-state index contributed by atoms with van der Waals surface area (Å²) in [5, 5.41) is 0. The number of hydrogen-bond acceptors (Lipinski definition) is 6. The second kappa shape index (κ2) is 7.89. The summed E-state index contributed by atoms with van der Waals surface area (Å²) in [6.07, 6.45) is 2.98. The first-order chi connectivity index (χ1) is 15.5. The summed E-state index contributed by atoms with van der Waals surface area (Å²) in [5.74, 6) is -0.582. The Kier molecular flexibility index (Phi) is 5.04. The molecule has 32 heavy (non-hydrogen) atoms. The summed E-state index contributed by atoms with van der Waals surface area (Å²) in [6.45, 7) is -0.412. The van der Waals surface area contributed by atoms with Gasteiger partial charge in [0, 0.05) is 5.56 Å². The predicted molar refractivity (Wildman–Crippen MR) is 114 cm³/mol. The Morgan fingerprint density at radius 1 is 0.938 bits per heavy atom. The molecule has 4 atom stereocenters. The number of ether oxygens (including phenoxy) is 2. The number of rotatable bonds is 6. The van der Waals surface area contributed by atoms with E-state index in [9.17, 15) is 19.2 Å². The molecule has 2 aromatic rings. The number of ketones is 1. The van der Waals surface area contributed by atoms with Gasteiger partial charge < -0.3 is 9.47 Å². The average Bonchev–Trinajstić information content (AvgIpc) is 3.51. The predicted octanol–water partition coefficient (Wildman–Crippen LogP) is 3.27. The van der Waals surface area contributed by atoms with E-state index in [4.69, 9.17) is 9.47 Å². The van der Waals surface area contributed by atoms with Gasteiger partial charge in [0.05, 0.1) is 30.2 Å². The van der Waals surface area contributed by atoms with Crippen molar-refractivity contribution in [1.29, 1.82) is 0 Å². The van der Waals surface area contributed by atoms with Gasteiger partial charge in [-0.1, -0.05) is 6.07 Å². The Morgan fingerprint density at radius 2 is 1.59 bits per heavy atom. The number of imide groups is 1. The Hall–Kier alpha value is -3.48. The van der Waals surface area contributed by atoms with Gasteiger partial charge in [-0.3, -0.25) is 19.3 Å². The second-order valence-corrected chi connectivity index (χ2v) is 8.67. The molecule has 2 bridgehead atoms. The highest BCUT2D eigenvalue weighted by Crippen LogP contribution is 2.56. The molecule has 7 heteroatoms. The number of benzene rings is 2. The van der Waals surface area contributed by atoms with Crippen molar-refractivity contribution in [3.8, 4) is 5.75 Å². The zero-order valence-corrected chi connectivity index (χ0v) is 17.7. The Balaban J connectivity index is 1.28. The van der Waals surface area contributed by atoms with E-state index in [1.807, 2.05) is 0 Å². The van der Waals surface area contributed by atoms with Crippen molar-refractivity contribution in [1.82, 2.24) is 0 Å². The molecule has 0 spiro atoms. The minimum atomic E-state index is -0.687. The normalized spacial score (nSPS) is 25.7. The molecule has 1 heterocycles. The first kappa shape index (κ1) is 20.4. The summed E-state index contributed by atoms with van der Waals surface area (Å²) in [7, 11) is 1.53. The third kappa shape index (κ3) is 3.28. The molecule has 3 fully saturated rings.